The van der Waals surface area contributed by atoms with Crippen LogP contribution in [0.1, 0.15) is 37.6 Å². The number of anilines is 1. The van der Waals surface area contributed by atoms with Gasteiger partial charge < -0.3 is 9.64 Å². The van der Waals surface area contributed by atoms with E-state index in [2.05, 4.69) is 18.7 Å². The molecule has 1 rings (SSSR count). The highest BCUT2D eigenvalue weighted by Gasteiger charge is 2.21. The van der Waals surface area contributed by atoms with E-state index in [1.165, 1.54) is 13.0 Å². The summed E-state index contributed by atoms with van der Waals surface area (Å²) in [5, 5.41) is 11.0. The lowest BCUT2D eigenvalue weighted by Gasteiger charge is -2.30. The van der Waals surface area contributed by atoms with Gasteiger partial charge in [-0.2, -0.15) is 0 Å². The molecule has 0 aromatic heterocycles. The minimum Gasteiger partial charge on any atom is -0.383 e. The third-order valence-corrected chi connectivity index (χ3v) is 3.55. The Morgan fingerprint density at radius 3 is 2.62 bits per heavy atom. The number of nitro benzene ring substituents is 1. The van der Waals surface area contributed by atoms with E-state index in [0.29, 0.717) is 13.2 Å². The van der Waals surface area contributed by atoms with Gasteiger partial charge >= 0.3 is 0 Å². The van der Waals surface area contributed by atoms with E-state index in [-0.39, 0.29) is 23.1 Å². The maximum absolute atomic E-state index is 11.7. The number of nitro groups is 1. The van der Waals surface area contributed by atoms with Crippen LogP contribution in [0.15, 0.2) is 18.2 Å². The van der Waals surface area contributed by atoms with Crippen molar-refractivity contribution in [2.24, 2.45) is 0 Å². The first kappa shape index (κ1) is 17.1. The highest BCUT2D eigenvalue weighted by atomic mass is 16.6. The Hall–Kier alpha value is -1.95. The van der Waals surface area contributed by atoms with Gasteiger partial charge in [0.2, 0.25) is 0 Å². The van der Waals surface area contributed by atoms with Crippen LogP contribution in [0.5, 0.6) is 0 Å². The van der Waals surface area contributed by atoms with Crippen LogP contribution < -0.4 is 4.90 Å². The fourth-order valence-electron chi connectivity index (χ4n) is 2.16. The van der Waals surface area contributed by atoms with Crippen LogP contribution in [0, 0.1) is 10.1 Å². The fourth-order valence-corrected chi connectivity index (χ4v) is 2.16. The molecule has 1 aromatic carbocycles. The first-order valence-electron chi connectivity index (χ1n) is 6.97. The van der Waals surface area contributed by atoms with Crippen molar-refractivity contribution in [3.8, 4) is 0 Å². The largest absolute Gasteiger partial charge is 0.383 e. The van der Waals surface area contributed by atoms with Crippen molar-refractivity contribution in [2.75, 3.05) is 25.2 Å². The van der Waals surface area contributed by atoms with Gasteiger partial charge in [0.15, 0.2) is 5.78 Å². The Kier molecular flexibility index (Phi) is 6.30. The molecule has 0 spiro atoms. The number of carbonyl (C=O) groups is 1. The highest BCUT2D eigenvalue weighted by molar-refractivity contribution is 5.99. The second kappa shape index (κ2) is 7.73. The monoisotopic (exact) mass is 294 g/mol. The number of ketones is 1. The molecule has 0 heterocycles. The summed E-state index contributed by atoms with van der Waals surface area (Å²) in [5.41, 5.74) is 0.794. The van der Waals surface area contributed by atoms with Crippen molar-refractivity contribution >= 4 is 17.2 Å². The van der Waals surface area contributed by atoms with E-state index >= 15 is 0 Å². The Labute approximate surface area is 124 Å². The predicted molar refractivity (Wildman–Crippen MR) is 82.1 cm³/mol. The number of methoxy groups -OCH3 is 1. The maximum Gasteiger partial charge on any atom is 0.280 e. The Balaban J connectivity index is 3.23. The topological polar surface area (TPSA) is 72.7 Å². The van der Waals surface area contributed by atoms with Crippen LogP contribution in [0.2, 0.25) is 0 Å². The van der Waals surface area contributed by atoms with Crippen molar-refractivity contribution < 1.29 is 14.5 Å². The first-order valence-corrected chi connectivity index (χ1v) is 6.97. The Morgan fingerprint density at radius 1 is 1.48 bits per heavy atom. The molecule has 0 fully saturated rings. The number of hydrogen-bond acceptors (Lipinski definition) is 5. The summed E-state index contributed by atoms with van der Waals surface area (Å²) in [6, 6.07) is 4.93. The lowest BCUT2D eigenvalue weighted by molar-refractivity contribution is -0.385. The van der Waals surface area contributed by atoms with Gasteiger partial charge in [0.1, 0.15) is 0 Å². The molecule has 1 atom stereocenters. The van der Waals surface area contributed by atoms with Crippen molar-refractivity contribution in [2.45, 2.75) is 33.2 Å². The van der Waals surface area contributed by atoms with Gasteiger partial charge in [-0.05, 0) is 32.4 Å². The SMILES string of the molecule is CCC(C)N(CCOC)c1ccc([N+](=O)[O-])c(C(C)=O)c1. The van der Waals surface area contributed by atoms with E-state index in [9.17, 15) is 14.9 Å². The molecule has 0 aliphatic rings. The van der Waals surface area contributed by atoms with Gasteiger partial charge in [0.05, 0.1) is 17.1 Å². The Bertz CT molecular complexity index is 516. The minimum atomic E-state index is -0.525. The highest BCUT2D eigenvalue weighted by Crippen LogP contribution is 2.27. The number of nitrogens with zero attached hydrogens (tertiary/aromatic N) is 2. The van der Waals surface area contributed by atoms with Crippen LogP contribution in [-0.2, 0) is 4.74 Å². The number of benzene rings is 1. The second-order valence-corrected chi connectivity index (χ2v) is 4.96. The lowest BCUT2D eigenvalue weighted by Crippen LogP contribution is -2.35. The summed E-state index contributed by atoms with van der Waals surface area (Å²) in [6.07, 6.45) is 0.927. The molecule has 0 radical (unpaired) electrons. The zero-order valence-corrected chi connectivity index (χ0v) is 13.0. The van der Waals surface area contributed by atoms with E-state index in [1.54, 1.807) is 19.2 Å². The molecule has 1 unspecified atom stereocenters. The molecular weight excluding hydrogens is 272 g/mol. The summed E-state index contributed by atoms with van der Waals surface area (Å²) in [5.74, 6) is -0.306. The van der Waals surface area contributed by atoms with Gasteiger partial charge in [0.25, 0.3) is 5.69 Å². The van der Waals surface area contributed by atoms with Crippen molar-refractivity contribution in [1.29, 1.82) is 0 Å². The second-order valence-electron chi connectivity index (χ2n) is 4.96. The summed E-state index contributed by atoms with van der Waals surface area (Å²) >= 11 is 0. The molecule has 1 aromatic rings. The third kappa shape index (κ3) is 4.26. The van der Waals surface area contributed by atoms with Crippen LogP contribution in [0.4, 0.5) is 11.4 Å². The molecular formula is C15H22N2O4. The molecule has 21 heavy (non-hydrogen) atoms. The van der Waals surface area contributed by atoms with Gasteiger partial charge in [-0.1, -0.05) is 6.92 Å². The molecule has 0 N–H and O–H groups in total. The molecule has 0 bridgehead atoms. The average Bonchev–Trinajstić information content (AvgIpc) is 2.46. The quantitative estimate of drug-likeness (QED) is 0.418. The van der Waals surface area contributed by atoms with E-state index < -0.39 is 4.92 Å². The normalized spacial score (nSPS) is 12.0. The number of Topliss-reactive ketones (excluding diaryl/α,β-unsaturated/α-hetero) is 1. The maximum atomic E-state index is 11.7. The minimum absolute atomic E-state index is 0.142. The standard InChI is InChI=1S/C15H22N2O4/c1-5-11(2)16(8-9-21-4)13-6-7-15(17(19)20)14(10-13)12(3)18/h6-7,10-11H,5,8-9H2,1-4H3. The molecule has 0 amide bonds. The Morgan fingerprint density at radius 2 is 2.14 bits per heavy atom. The fraction of sp³-hybridized carbons (Fsp3) is 0.533. The molecule has 0 saturated heterocycles. The van der Waals surface area contributed by atoms with Crippen LogP contribution in [0.3, 0.4) is 0 Å². The third-order valence-electron chi connectivity index (χ3n) is 3.55. The number of carbonyl (C=O) groups excluding carboxylic acids is 1. The summed E-state index contributed by atoms with van der Waals surface area (Å²) in [4.78, 5) is 24.2. The smallest absolute Gasteiger partial charge is 0.280 e. The van der Waals surface area contributed by atoms with E-state index in [1.807, 2.05) is 0 Å². The summed E-state index contributed by atoms with van der Waals surface area (Å²) < 4.78 is 5.11. The van der Waals surface area contributed by atoms with Gasteiger partial charge in [-0.25, -0.2) is 0 Å². The van der Waals surface area contributed by atoms with Crippen LogP contribution >= 0.6 is 0 Å². The first-order chi connectivity index (χ1) is 9.92. The summed E-state index contributed by atoms with van der Waals surface area (Å²) in [7, 11) is 1.63. The van der Waals surface area contributed by atoms with Gasteiger partial charge in [-0.15, -0.1) is 0 Å². The van der Waals surface area contributed by atoms with Crippen LogP contribution in [0.25, 0.3) is 0 Å². The molecule has 6 heteroatoms. The molecule has 116 valence electrons. The number of ether oxygens (including phenoxy) is 1. The predicted octanol–water partition coefficient (Wildman–Crippen LogP) is 3.05. The van der Waals surface area contributed by atoms with E-state index in [0.717, 1.165) is 12.1 Å². The lowest BCUT2D eigenvalue weighted by atomic mass is 10.1. The van der Waals surface area contributed by atoms with Crippen LogP contribution in [-0.4, -0.2) is 37.0 Å². The average molecular weight is 294 g/mol. The van der Waals surface area contributed by atoms with Crippen molar-refractivity contribution in [1.82, 2.24) is 0 Å². The van der Waals surface area contributed by atoms with Gasteiger partial charge in [-0.3, -0.25) is 14.9 Å². The molecule has 0 saturated carbocycles. The molecule has 0 aliphatic heterocycles. The molecule has 0 aliphatic carbocycles. The summed E-state index contributed by atoms with van der Waals surface area (Å²) in [6.45, 7) is 6.71. The number of rotatable bonds is 8. The zero-order valence-electron chi connectivity index (χ0n) is 13.0. The van der Waals surface area contributed by atoms with E-state index in [4.69, 9.17) is 4.74 Å². The van der Waals surface area contributed by atoms with Crippen molar-refractivity contribution in [3.05, 3.63) is 33.9 Å². The van der Waals surface area contributed by atoms with Gasteiger partial charge in [0, 0.05) is 31.5 Å². The zero-order chi connectivity index (χ0) is 16.0. The number of hydrogen-bond donors (Lipinski definition) is 0. The van der Waals surface area contributed by atoms with Crippen molar-refractivity contribution in [3.63, 3.8) is 0 Å². The molecule has 6 nitrogen and oxygen atoms in total.